The zero-order valence-corrected chi connectivity index (χ0v) is 18.9. The van der Waals surface area contributed by atoms with Crippen molar-refractivity contribution in [1.82, 2.24) is 0 Å². The lowest BCUT2D eigenvalue weighted by Gasteiger charge is -2.32. The monoisotopic (exact) mass is 456 g/mol. The van der Waals surface area contributed by atoms with Gasteiger partial charge in [0, 0.05) is 43.0 Å². The van der Waals surface area contributed by atoms with Crippen molar-refractivity contribution in [1.29, 1.82) is 0 Å². The third kappa shape index (κ3) is 7.62. The molecular formula is C25H32N2O6. The molecule has 4 atom stereocenters. The van der Waals surface area contributed by atoms with Crippen molar-refractivity contribution >= 4 is 23.6 Å². The maximum atomic E-state index is 12.1. The van der Waals surface area contributed by atoms with E-state index in [0.29, 0.717) is 16.8 Å². The summed E-state index contributed by atoms with van der Waals surface area (Å²) < 4.78 is 14.8. The van der Waals surface area contributed by atoms with Gasteiger partial charge in [-0.3, -0.25) is 4.79 Å². The van der Waals surface area contributed by atoms with Crippen LogP contribution >= 0.6 is 0 Å². The van der Waals surface area contributed by atoms with Gasteiger partial charge in [-0.1, -0.05) is 18.2 Å². The molecule has 8 nitrogen and oxygen atoms in total. The largest absolute Gasteiger partial charge is 0.472 e. The molecular weight excluding hydrogens is 424 g/mol. The van der Waals surface area contributed by atoms with Crippen LogP contribution in [0, 0.1) is 17.8 Å². The van der Waals surface area contributed by atoms with Gasteiger partial charge in [0.1, 0.15) is 6.29 Å². The van der Waals surface area contributed by atoms with Crippen LogP contribution in [-0.4, -0.2) is 44.5 Å². The van der Waals surface area contributed by atoms with Gasteiger partial charge in [0.05, 0.1) is 18.4 Å². The lowest BCUT2D eigenvalue weighted by atomic mass is 9.84. The number of rotatable bonds is 4. The van der Waals surface area contributed by atoms with E-state index in [1.165, 1.54) is 6.26 Å². The SMILES string of the molecule is COC.Nc1ccc(C(=O)OCC2CCC3C(C=O)=COC(O)C23)cc1.Nc1ccccc1. The zero-order chi connectivity index (χ0) is 24.2. The zero-order valence-electron chi connectivity index (χ0n) is 18.9. The molecule has 33 heavy (non-hydrogen) atoms. The fraction of sp³-hybridized carbons (Fsp3) is 0.360. The van der Waals surface area contributed by atoms with Crippen LogP contribution in [0.1, 0.15) is 23.2 Å². The van der Waals surface area contributed by atoms with Crippen LogP contribution in [0.4, 0.5) is 11.4 Å². The van der Waals surface area contributed by atoms with Crippen LogP contribution in [0.15, 0.2) is 66.4 Å². The minimum absolute atomic E-state index is 0.0310. The van der Waals surface area contributed by atoms with Gasteiger partial charge in [-0.2, -0.15) is 0 Å². The molecule has 2 aromatic carbocycles. The van der Waals surface area contributed by atoms with Crippen molar-refractivity contribution < 1.29 is 28.9 Å². The summed E-state index contributed by atoms with van der Waals surface area (Å²) in [6.07, 6.45) is 2.69. The molecule has 1 aliphatic carbocycles. The summed E-state index contributed by atoms with van der Waals surface area (Å²) in [7, 11) is 3.25. The fourth-order valence-electron chi connectivity index (χ4n) is 3.90. The van der Waals surface area contributed by atoms with Gasteiger partial charge in [-0.05, 0) is 55.2 Å². The number of nitrogens with two attached hydrogens (primary N) is 2. The number of nitrogen functional groups attached to an aromatic ring is 2. The predicted octanol–water partition coefficient (Wildman–Crippen LogP) is 3.03. The third-order valence-electron chi connectivity index (χ3n) is 5.47. The highest BCUT2D eigenvalue weighted by molar-refractivity contribution is 5.89. The number of fused-ring (bicyclic) bond motifs is 1. The Morgan fingerprint density at radius 2 is 1.67 bits per heavy atom. The molecule has 1 saturated carbocycles. The average molecular weight is 457 g/mol. The Labute approximate surface area is 194 Å². The molecule has 2 aliphatic rings. The molecule has 2 aromatic rings. The molecule has 0 radical (unpaired) electrons. The highest BCUT2D eigenvalue weighted by Gasteiger charge is 2.45. The Morgan fingerprint density at radius 1 is 1.06 bits per heavy atom. The molecule has 0 saturated heterocycles. The van der Waals surface area contributed by atoms with Crippen LogP contribution in [0.2, 0.25) is 0 Å². The van der Waals surface area contributed by atoms with E-state index in [-0.39, 0.29) is 24.4 Å². The van der Waals surface area contributed by atoms with E-state index < -0.39 is 12.3 Å². The molecule has 1 aliphatic heterocycles. The number of para-hydroxylation sites is 1. The number of carbonyl (C=O) groups excluding carboxylic acids is 2. The van der Waals surface area contributed by atoms with Gasteiger partial charge in [0.2, 0.25) is 0 Å². The van der Waals surface area contributed by atoms with E-state index in [1.807, 2.05) is 30.3 Å². The summed E-state index contributed by atoms with van der Waals surface area (Å²) in [5.41, 5.74) is 13.3. The van der Waals surface area contributed by atoms with Crippen molar-refractivity contribution in [3.8, 4) is 0 Å². The maximum Gasteiger partial charge on any atom is 0.338 e. The quantitative estimate of drug-likeness (QED) is 0.363. The van der Waals surface area contributed by atoms with Crippen LogP contribution in [0.25, 0.3) is 0 Å². The summed E-state index contributed by atoms with van der Waals surface area (Å²) in [6.45, 7) is 0.191. The second kappa shape index (κ2) is 13.2. The van der Waals surface area contributed by atoms with E-state index in [9.17, 15) is 14.7 Å². The van der Waals surface area contributed by atoms with Crippen LogP contribution in [0.5, 0.6) is 0 Å². The highest BCUT2D eigenvalue weighted by Crippen LogP contribution is 2.45. The number of hydrogen-bond acceptors (Lipinski definition) is 8. The molecule has 0 amide bonds. The summed E-state index contributed by atoms with van der Waals surface area (Å²) in [4.78, 5) is 23.1. The lowest BCUT2D eigenvalue weighted by Crippen LogP contribution is -2.36. The topological polar surface area (TPSA) is 134 Å². The molecule has 0 bridgehead atoms. The number of allylic oxidation sites excluding steroid dienone is 1. The summed E-state index contributed by atoms with van der Waals surface area (Å²) >= 11 is 0. The minimum Gasteiger partial charge on any atom is -0.472 e. The smallest absolute Gasteiger partial charge is 0.338 e. The normalized spacial score (nSPS) is 22.7. The molecule has 4 unspecified atom stereocenters. The molecule has 0 aromatic heterocycles. The molecule has 4 rings (SSSR count). The van der Waals surface area contributed by atoms with Crippen molar-refractivity contribution in [3.05, 3.63) is 72.0 Å². The number of hydrogen-bond donors (Lipinski definition) is 3. The Bertz CT molecular complexity index is 901. The first kappa shape index (κ1) is 25.9. The van der Waals surface area contributed by atoms with Crippen molar-refractivity contribution in [2.45, 2.75) is 19.1 Å². The second-order valence-corrected chi connectivity index (χ2v) is 7.82. The van der Waals surface area contributed by atoms with Crippen molar-refractivity contribution in [3.63, 3.8) is 0 Å². The molecule has 178 valence electrons. The summed E-state index contributed by atoms with van der Waals surface area (Å²) in [5.74, 6) is -0.710. The molecule has 5 N–H and O–H groups in total. The Hall–Kier alpha value is -3.36. The summed E-state index contributed by atoms with van der Waals surface area (Å²) in [6, 6.07) is 16.0. The van der Waals surface area contributed by atoms with Crippen molar-refractivity contribution in [2.24, 2.45) is 17.8 Å². The molecule has 1 fully saturated rings. The number of anilines is 2. The van der Waals surface area contributed by atoms with Gasteiger partial charge >= 0.3 is 5.97 Å². The maximum absolute atomic E-state index is 12.1. The number of benzene rings is 2. The predicted molar refractivity (Wildman–Crippen MR) is 126 cm³/mol. The number of aliphatic hydroxyl groups is 1. The first-order chi connectivity index (χ1) is 15.9. The Balaban J connectivity index is 0.000000321. The van der Waals surface area contributed by atoms with Gasteiger partial charge in [0.25, 0.3) is 0 Å². The van der Waals surface area contributed by atoms with E-state index >= 15 is 0 Å². The van der Waals surface area contributed by atoms with E-state index in [1.54, 1.807) is 38.5 Å². The standard InChI is InChI=1S/C17H19NO5.C6H7N.C2H6O/c18-13-4-1-10(2-5-13)16(20)22-8-11-3-6-14-12(7-19)9-23-17(21)15(11)14;7-6-4-2-1-3-5-6;1-3-2/h1-2,4-5,7,9,11,14-15,17,21H,3,6,8,18H2;1-5H,7H2;1-2H3. The number of ether oxygens (including phenoxy) is 3. The number of aliphatic hydroxyl groups excluding tert-OH is 1. The fourth-order valence-corrected chi connectivity index (χ4v) is 3.90. The Kier molecular flexibility index (Phi) is 10.4. The number of carbonyl (C=O) groups is 2. The van der Waals surface area contributed by atoms with Gasteiger partial charge < -0.3 is 30.8 Å². The first-order valence-corrected chi connectivity index (χ1v) is 10.6. The van der Waals surface area contributed by atoms with Gasteiger partial charge in [-0.15, -0.1) is 0 Å². The van der Waals surface area contributed by atoms with Gasteiger partial charge in [0.15, 0.2) is 6.29 Å². The minimum atomic E-state index is -0.966. The van der Waals surface area contributed by atoms with Crippen LogP contribution in [0.3, 0.4) is 0 Å². The third-order valence-corrected chi connectivity index (χ3v) is 5.47. The molecule has 1 heterocycles. The van der Waals surface area contributed by atoms with E-state index in [0.717, 1.165) is 24.8 Å². The first-order valence-electron chi connectivity index (χ1n) is 10.6. The lowest BCUT2D eigenvalue weighted by molar-refractivity contribution is -0.130. The van der Waals surface area contributed by atoms with Gasteiger partial charge in [-0.25, -0.2) is 4.79 Å². The average Bonchev–Trinajstić information content (AvgIpc) is 3.25. The number of aldehydes is 1. The highest BCUT2D eigenvalue weighted by atomic mass is 16.6. The molecule has 0 spiro atoms. The number of esters is 1. The van der Waals surface area contributed by atoms with E-state index in [2.05, 4.69) is 4.74 Å². The van der Waals surface area contributed by atoms with E-state index in [4.69, 9.17) is 20.9 Å². The summed E-state index contributed by atoms with van der Waals surface area (Å²) in [5, 5.41) is 10.0. The Morgan fingerprint density at radius 3 is 2.21 bits per heavy atom. The molecule has 8 heteroatoms. The van der Waals surface area contributed by atoms with Crippen LogP contribution in [-0.2, 0) is 19.0 Å². The number of methoxy groups -OCH3 is 1. The second-order valence-electron chi connectivity index (χ2n) is 7.82. The van der Waals surface area contributed by atoms with Crippen LogP contribution < -0.4 is 11.5 Å². The van der Waals surface area contributed by atoms with Crippen molar-refractivity contribution in [2.75, 3.05) is 32.3 Å².